The summed E-state index contributed by atoms with van der Waals surface area (Å²) in [6.07, 6.45) is 0. The molecule has 3 rings (SSSR count). The predicted molar refractivity (Wildman–Crippen MR) is 85.9 cm³/mol. The Hall–Kier alpha value is -2.08. The van der Waals surface area contributed by atoms with Gasteiger partial charge in [0.15, 0.2) is 0 Å². The smallest absolute Gasteiger partial charge is 0.329 e. The highest BCUT2D eigenvalue weighted by atomic mass is 16.2. The summed E-state index contributed by atoms with van der Waals surface area (Å²) in [5.74, 6) is 0.0224. The van der Waals surface area contributed by atoms with Gasteiger partial charge in [0.1, 0.15) is 6.54 Å². The maximum atomic E-state index is 12.5. The van der Waals surface area contributed by atoms with Gasteiger partial charge in [-0.15, -0.1) is 0 Å². The number of aryl methyl sites for hydroxylation is 1. The van der Waals surface area contributed by atoms with Crippen molar-refractivity contribution in [2.24, 2.45) is 7.05 Å². The maximum Gasteiger partial charge on any atom is 0.329 e. The molecule has 6 nitrogen and oxygen atoms in total. The molecule has 0 bridgehead atoms. The Labute approximate surface area is 129 Å². The van der Waals surface area contributed by atoms with Crippen LogP contribution in [0.15, 0.2) is 29.1 Å². The zero-order chi connectivity index (χ0) is 15.7. The lowest BCUT2D eigenvalue weighted by atomic mass is 10.3. The minimum atomic E-state index is -0.137. The van der Waals surface area contributed by atoms with Crippen LogP contribution >= 0.6 is 0 Å². The van der Waals surface area contributed by atoms with Gasteiger partial charge < -0.3 is 9.80 Å². The largest absolute Gasteiger partial charge is 0.339 e. The molecule has 6 heteroatoms. The van der Waals surface area contributed by atoms with Crippen LogP contribution in [0, 0.1) is 0 Å². The second-order valence-electron chi connectivity index (χ2n) is 5.73. The van der Waals surface area contributed by atoms with Crippen molar-refractivity contribution in [2.45, 2.75) is 13.5 Å². The lowest BCUT2D eigenvalue weighted by Gasteiger charge is -2.34. The third-order valence-corrected chi connectivity index (χ3v) is 4.52. The first-order valence-electron chi connectivity index (χ1n) is 7.76. The normalized spacial score (nSPS) is 16.4. The Morgan fingerprint density at radius 3 is 2.36 bits per heavy atom. The van der Waals surface area contributed by atoms with Crippen LogP contribution in [-0.4, -0.2) is 57.6 Å². The van der Waals surface area contributed by atoms with Gasteiger partial charge in [-0.25, -0.2) is 4.79 Å². The fourth-order valence-corrected chi connectivity index (χ4v) is 3.06. The van der Waals surface area contributed by atoms with E-state index >= 15 is 0 Å². The van der Waals surface area contributed by atoms with Gasteiger partial charge in [0.25, 0.3) is 0 Å². The van der Waals surface area contributed by atoms with E-state index < -0.39 is 0 Å². The highest BCUT2D eigenvalue weighted by Crippen LogP contribution is 2.12. The number of imidazole rings is 1. The number of carbonyl (C=O) groups is 1. The van der Waals surface area contributed by atoms with Crippen molar-refractivity contribution in [3.05, 3.63) is 34.7 Å². The van der Waals surface area contributed by atoms with Gasteiger partial charge in [0, 0.05) is 33.2 Å². The van der Waals surface area contributed by atoms with Crippen molar-refractivity contribution in [2.75, 3.05) is 32.7 Å². The third-order valence-electron chi connectivity index (χ3n) is 4.52. The number of fused-ring (bicyclic) bond motifs is 1. The van der Waals surface area contributed by atoms with Crippen molar-refractivity contribution in [3.63, 3.8) is 0 Å². The minimum absolute atomic E-state index is 0.0224. The molecule has 0 radical (unpaired) electrons. The first-order valence-corrected chi connectivity index (χ1v) is 7.76. The molecule has 1 amide bonds. The quantitative estimate of drug-likeness (QED) is 0.830. The summed E-state index contributed by atoms with van der Waals surface area (Å²) in [6, 6.07) is 7.58. The minimum Gasteiger partial charge on any atom is -0.339 e. The summed E-state index contributed by atoms with van der Waals surface area (Å²) in [6.45, 7) is 6.57. The molecule has 0 atom stereocenters. The van der Waals surface area contributed by atoms with Crippen molar-refractivity contribution < 1.29 is 4.79 Å². The monoisotopic (exact) mass is 302 g/mol. The van der Waals surface area contributed by atoms with E-state index in [1.165, 1.54) is 0 Å². The molecule has 1 aromatic carbocycles. The van der Waals surface area contributed by atoms with Crippen LogP contribution in [0.3, 0.4) is 0 Å². The van der Waals surface area contributed by atoms with Gasteiger partial charge in [0.05, 0.1) is 11.0 Å². The van der Waals surface area contributed by atoms with Crippen LogP contribution in [0.2, 0.25) is 0 Å². The van der Waals surface area contributed by atoms with Gasteiger partial charge in [-0.05, 0) is 18.7 Å². The molecule has 2 aromatic rings. The molecule has 1 aliphatic heterocycles. The van der Waals surface area contributed by atoms with E-state index in [1.54, 1.807) is 16.2 Å². The van der Waals surface area contributed by atoms with Gasteiger partial charge >= 0.3 is 5.69 Å². The standard InChI is InChI=1S/C16H22N4O2/c1-3-18-8-10-19(11-9-18)15(21)12-20-14-7-5-4-6-13(14)17(2)16(20)22/h4-7H,3,8-12H2,1-2H3. The van der Waals surface area contributed by atoms with Crippen molar-refractivity contribution >= 4 is 16.9 Å². The number of piperazine rings is 1. The molecule has 1 fully saturated rings. The van der Waals surface area contributed by atoms with Crippen LogP contribution < -0.4 is 5.69 Å². The van der Waals surface area contributed by atoms with Crippen molar-refractivity contribution in [3.8, 4) is 0 Å². The van der Waals surface area contributed by atoms with Gasteiger partial charge in [0.2, 0.25) is 5.91 Å². The summed E-state index contributed by atoms with van der Waals surface area (Å²) in [5, 5.41) is 0. The number of hydrogen-bond acceptors (Lipinski definition) is 3. The summed E-state index contributed by atoms with van der Waals surface area (Å²) in [4.78, 5) is 29.0. The summed E-state index contributed by atoms with van der Waals surface area (Å²) >= 11 is 0. The molecule has 22 heavy (non-hydrogen) atoms. The lowest BCUT2D eigenvalue weighted by Crippen LogP contribution is -2.49. The first-order chi connectivity index (χ1) is 10.6. The Balaban J connectivity index is 1.80. The van der Waals surface area contributed by atoms with E-state index in [0.717, 1.165) is 43.8 Å². The second kappa shape index (κ2) is 5.96. The number of amides is 1. The molecule has 1 saturated heterocycles. The topological polar surface area (TPSA) is 50.5 Å². The summed E-state index contributed by atoms with van der Waals surface area (Å²) < 4.78 is 3.17. The number of carbonyl (C=O) groups excluding carboxylic acids is 1. The number of aromatic nitrogens is 2. The highest BCUT2D eigenvalue weighted by Gasteiger charge is 2.22. The van der Waals surface area contributed by atoms with E-state index in [0.29, 0.717) is 0 Å². The van der Waals surface area contributed by atoms with Crippen molar-refractivity contribution in [1.82, 2.24) is 18.9 Å². The number of likely N-dealkylation sites (N-methyl/N-ethyl adjacent to an activating group) is 1. The molecule has 1 aliphatic rings. The zero-order valence-electron chi connectivity index (χ0n) is 13.2. The molecule has 0 saturated carbocycles. The average Bonchev–Trinajstić information content (AvgIpc) is 2.80. The van der Waals surface area contributed by atoms with Gasteiger partial charge in [-0.3, -0.25) is 13.9 Å². The molecular weight excluding hydrogens is 280 g/mol. The molecule has 0 unspecified atom stereocenters. The highest BCUT2D eigenvalue weighted by molar-refractivity contribution is 5.81. The SMILES string of the molecule is CCN1CCN(C(=O)Cn2c(=O)n(C)c3ccccc32)CC1. The average molecular weight is 302 g/mol. The van der Waals surface area contributed by atoms with Crippen LogP contribution in [0.25, 0.3) is 11.0 Å². The molecule has 0 spiro atoms. The Morgan fingerprint density at radius 1 is 1.09 bits per heavy atom. The predicted octanol–water partition coefficient (Wildman–Crippen LogP) is 0.504. The van der Waals surface area contributed by atoms with Crippen LogP contribution in [0.5, 0.6) is 0 Å². The second-order valence-corrected chi connectivity index (χ2v) is 5.73. The molecule has 0 N–H and O–H groups in total. The van der Waals surface area contributed by atoms with Gasteiger partial charge in [-0.2, -0.15) is 0 Å². The van der Waals surface area contributed by atoms with E-state index in [4.69, 9.17) is 0 Å². The van der Waals surface area contributed by atoms with Crippen LogP contribution in [0.1, 0.15) is 6.92 Å². The summed E-state index contributed by atoms with van der Waals surface area (Å²) in [7, 11) is 1.74. The molecule has 1 aromatic heterocycles. The number of hydrogen-bond donors (Lipinski definition) is 0. The molecule has 118 valence electrons. The number of para-hydroxylation sites is 2. The Kier molecular flexibility index (Phi) is 4.02. The number of benzene rings is 1. The van der Waals surface area contributed by atoms with Crippen LogP contribution in [-0.2, 0) is 18.4 Å². The number of nitrogens with zero attached hydrogens (tertiary/aromatic N) is 4. The number of rotatable bonds is 3. The third kappa shape index (κ3) is 2.54. The van der Waals surface area contributed by atoms with E-state index in [9.17, 15) is 9.59 Å². The molecular formula is C16H22N4O2. The van der Waals surface area contributed by atoms with Crippen molar-refractivity contribution in [1.29, 1.82) is 0 Å². The maximum absolute atomic E-state index is 12.5. The Bertz CT molecular complexity index is 738. The van der Waals surface area contributed by atoms with E-state index in [-0.39, 0.29) is 18.1 Å². The first kappa shape index (κ1) is 14.8. The Morgan fingerprint density at radius 2 is 1.73 bits per heavy atom. The zero-order valence-corrected chi connectivity index (χ0v) is 13.2. The van der Waals surface area contributed by atoms with Crippen LogP contribution in [0.4, 0.5) is 0 Å². The van der Waals surface area contributed by atoms with E-state index in [2.05, 4.69) is 11.8 Å². The lowest BCUT2D eigenvalue weighted by molar-refractivity contribution is -0.133. The van der Waals surface area contributed by atoms with E-state index in [1.807, 2.05) is 29.2 Å². The molecule has 2 heterocycles. The summed E-state index contributed by atoms with van der Waals surface area (Å²) in [5.41, 5.74) is 1.54. The molecule has 0 aliphatic carbocycles. The fourth-order valence-electron chi connectivity index (χ4n) is 3.06. The van der Waals surface area contributed by atoms with Gasteiger partial charge in [-0.1, -0.05) is 19.1 Å². The fraction of sp³-hybridized carbons (Fsp3) is 0.500.